The highest BCUT2D eigenvalue weighted by Crippen LogP contribution is 2.40. The highest BCUT2D eigenvalue weighted by molar-refractivity contribution is 5.91. The Balaban J connectivity index is 1.88. The second-order valence-corrected chi connectivity index (χ2v) is 11.5. The summed E-state index contributed by atoms with van der Waals surface area (Å²) >= 11 is 0. The molecule has 0 saturated heterocycles. The molecule has 0 heterocycles. The fraction of sp³-hybridized carbons (Fsp3) is 0.567. The SMILES string of the molecule is CC(C)c1cccc(C(C)C)c1NC(=O)N(Cc1ccccc1)C1CCC(C(C)(C)C)CC1. The third-order valence-electron chi connectivity index (χ3n) is 7.42. The van der Waals surface area contributed by atoms with E-state index >= 15 is 0 Å². The van der Waals surface area contributed by atoms with Gasteiger partial charge in [0.25, 0.3) is 0 Å². The predicted molar refractivity (Wildman–Crippen MR) is 141 cm³/mol. The Morgan fingerprint density at radius 2 is 1.42 bits per heavy atom. The summed E-state index contributed by atoms with van der Waals surface area (Å²) in [5.41, 5.74) is 4.96. The first kappa shape index (κ1) is 25.3. The fourth-order valence-corrected chi connectivity index (χ4v) is 5.27. The molecule has 0 aromatic heterocycles. The van der Waals surface area contributed by atoms with Crippen molar-refractivity contribution in [3.63, 3.8) is 0 Å². The maximum atomic E-state index is 13.9. The molecular weight excluding hydrogens is 404 g/mol. The van der Waals surface area contributed by atoms with Crippen LogP contribution in [0.5, 0.6) is 0 Å². The van der Waals surface area contributed by atoms with Crippen molar-refractivity contribution in [2.45, 2.75) is 98.6 Å². The number of carbonyl (C=O) groups excluding carboxylic acids is 1. The Hall–Kier alpha value is -2.29. The van der Waals surface area contributed by atoms with E-state index in [2.05, 4.69) is 101 Å². The summed E-state index contributed by atoms with van der Waals surface area (Å²) in [6.45, 7) is 16.5. The van der Waals surface area contributed by atoms with Gasteiger partial charge in [-0.25, -0.2) is 4.79 Å². The number of rotatable bonds is 6. The van der Waals surface area contributed by atoms with Gasteiger partial charge in [-0.05, 0) is 65.5 Å². The van der Waals surface area contributed by atoms with Crippen molar-refractivity contribution >= 4 is 11.7 Å². The topological polar surface area (TPSA) is 32.3 Å². The molecule has 1 aliphatic carbocycles. The molecular formula is C30H44N2O. The second kappa shape index (κ2) is 10.8. The number of anilines is 1. The molecule has 3 heteroatoms. The van der Waals surface area contributed by atoms with Crippen molar-refractivity contribution in [3.05, 3.63) is 65.2 Å². The highest BCUT2D eigenvalue weighted by atomic mass is 16.2. The lowest BCUT2D eigenvalue weighted by atomic mass is 9.71. The molecule has 0 bridgehead atoms. The molecule has 0 spiro atoms. The van der Waals surface area contributed by atoms with Gasteiger partial charge in [0.15, 0.2) is 0 Å². The molecule has 3 nitrogen and oxygen atoms in total. The van der Waals surface area contributed by atoms with E-state index in [0.29, 0.717) is 23.8 Å². The van der Waals surface area contributed by atoms with Crippen LogP contribution in [-0.4, -0.2) is 17.0 Å². The maximum absolute atomic E-state index is 13.9. The quantitative estimate of drug-likeness (QED) is 0.471. The second-order valence-electron chi connectivity index (χ2n) is 11.5. The number of para-hydroxylation sites is 1. The zero-order valence-corrected chi connectivity index (χ0v) is 21.8. The normalized spacial score (nSPS) is 19.1. The van der Waals surface area contributed by atoms with E-state index in [4.69, 9.17) is 0 Å². The van der Waals surface area contributed by atoms with Gasteiger partial charge < -0.3 is 10.2 Å². The van der Waals surface area contributed by atoms with Crippen LogP contribution in [0, 0.1) is 11.3 Å². The zero-order chi connectivity index (χ0) is 24.2. The fourth-order valence-electron chi connectivity index (χ4n) is 5.27. The van der Waals surface area contributed by atoms with E-state index in [0.717, 1.165) is 24.4 Å². The van der Waals surface area contributed by atoms with Gasteiger partial charge in [0.1, 0.15) is 0 Å². The maximum Gasteiger partial charge on any atom is 0.322 e. The Morgan fingerprint density at radius 1 is 0.879 bits per heavy atom. The lowest BCUT2D eigenvalue weighted by Gasteiger charge is -2.41. The van der Waals surface area contributed by atoms with Crippen LogP contribution in [0.3, 0.4) is 0 Å². The van der Waals surface area contributed by atoms with E-state index in [-0.39, 0.29) is 12.1 Å². The van der Waals surface area contributed by atoms with E-state index in [1.165, 1.54) is 29.5 Å². The first-order valence-electron chi connectivity index (χ1n) is 12.8. The number of hydrogen-bond acceptors (Lipinski definition) is 1. The number of benzene rings is 2. The first-order valence-corrected chi connectivity index (χ1v) is 12.8. The van der Waals surface area contributed by atoms with Crippen molar-refractivity contribution in [2.24, 2.45) is 11.3 Å². The minimum absolute atomic E-state index is 0.0352. The summed E-state index contributed by atoms with van der Waals surface area (Å²) < 4.78 is 0. The third-order valence-corrected chi connectivity index (χ3v) is 7.42. The molecule has 1 saturated carbocycles. The van der Waals surface area contributed by atoms with E-state index < -0.39 is 0 Å². The van der Waals surface area contributed by atoms with E-state index in [1.54, 1.807) is 0 Å². The lowest BCUT2D eigenvalue weighted by Crippen LogP contribution is -2.45. The number of carbonyl (C=O) groups is 1. The van der Waals surface area contributed by atoms with Crippen LogP contribution in [0.4, 0.5) is 10.5 Å². The third kappa shape index (κ3) is 6.40. The minimum atomic E-state index is 0.0352. The van der Waals surface area contributed by atoms with Crippen molar-refractivity contribution in [1.29, 1.82) is 0 Å². The minimum Gasteiger partial charge on any atom is -0.317 e. The molecule has 33 heavy (non-hydrogen) atoms. The molecule has 0 radical (unpaired) electrons. The van der Waals surface area contributed by atoms with Crippen LogP contribution < -0.4 is 5.32 Å². The summed E-state index contributed by atoms with van der Waals surface area (Å²) in [5.74, 6) is 1.43. The molecule has 2 aromatic carbocycles. The molecule has 3 rings (SSSR count). The van der Waals surface area contributed by atoms with Crippen molar-refractivity contribution < 1.29 is 4.79 Å². The van der Waals surface area contributed by atoms with Crippen LogP contribution in [0.2, 0.25) is 0 Å². The molecule has 2 amide bonds. The summed E-state index contributed by atoms with van der Waals surface area (Å²) in [6, 6.07) is 17.2. The van der Waals surface area contributed by atoms with Gasteiger partial charge in [-0.2, -0.15) is 0 Å². The predicted octanol–water partition coefficient (Wildman–Crippen LogP) is 8.57. The smallest absolute Gasteiger partial charge is 0.317 e. The van der Waals surface area contributed by atoms with Gasteiger partial charge in [-0.1, -0.05) is 97.0 Å². The van der Waals surface area contributed by atoms with Gasteiger partial charge in [0.2, 0.25) is 0 Å². The number of urea groups is 1. The van der Waals surface area contributed by atoms with E-state index in [1.807, 2.05) is 6.07 Å². The number of nitrogens with zero attached hydrogens (tertiary/aromatic N) is 1. The Bertz CT molecular complexity index is 876. The molecule has 0 aliphatic heterocycles. The molecule has 2 aromatic rings. The summed E-state index contributed by atoms with van der Waals surface area (Å²) in [6.07, 6.45) is 4.52. The molecule has 1 aliphatic rings. The van der Waals surface area contributed by atoms with Crippen LogP contribution in [0.15, 0.2) is 48.5 Å². The molecule has 180 valence electrons. The largest absolute Gasteiger partial charge is 0.322 e. The first-order chi connectivity index (χ1) is 15.6. The number of nitrogens with one attached hydrogen (secondary N) is 1. The summed E-state index contributed by atoms with van der Waals surface area (Å²) in [7, 11) is 0. The monoisotopic (exact) mass is 448 g/mol. The van der Waals surface area contributed by atoms with Gasteiger partial charge in [-0.15, -0.1) is 0 Å². The van der Waals surface area contributed by atoms with Crippen molar-refractivity contribution in [3.8, 4) is 0 Å². The van der Waals surface area contributed by atoms with Gasteiger partial charge >= 0.3 is 6.03 Å². The Kier molecular flexibility index (Phi) is 8.26. The number of amides is 2. The van der Waals surface area contributed by atoms with Crippen molar-refractivity contribution in [1.82, 2.24) is 4.90 Å². The van der Waals surface area contributed by atoms with E-state index in [9.17, 15) is 4.79 Å². The lowest BCUT2D eigenvalue weighted by molar-refractivity contribution is 0.110. The molecule has 1 fully saturated rings. The molecule has 1 N–H and O–H groups in total. The molecule has 0 unspecified atom stereocenters. The summed E-state index contributed by atoms with van der Waals surface area (Å²) in [4.78, 5) is 16.0. The zero-order valence-electron chi connectivity index (χ0n) is 21.8. The number of hydrogen-bond donors (Lipinski definition) is 1. The van der Waals surface area contributed by atoms with Gasteiger partial charge in [0, 0.05) is 18.3 Å². The molecule has 0 atom stereocenters. The van der Waals surface area contributed by atoms with Crippen LogP contribution >= 0.6 is 0 Å². The standard InChI is InChI=1S/C30H44N2O/c1-21(2)26-14-11-15-27(22(3)4)28(26)31-29(33)32(20-23-12-9-8-10-13-23)25-18-16-24(17-19-25)30(5,6)7/h8-15,21-22,24-25H,16-20H2,1-7H3,(H,31,33). The Morgan fingerprint density at radius 3 is 1.91 bits per heavy atom. The van der Waals surface area contributed by atoms with Crippen molar-refractivity contribution in [2.75, 3.05) is 5.32 Å². The highest BCUT2D eigenvalue weighted by Gasteiger charge is 2.34. The summed E-state index contributed by atoms with van der Waals surface area (Å²) in [5, 5.41) is 3.39. The van der Waals surface area contributed by atoms with Crippen LogP contribution in [0.25, 0.3) is 0 Å². The van der Waals surface area contributed by atoms with Gasteiger partial charge in [0.05, 0.1) is 0 Å². The average Bonchev–Trinajstić information content (AvgIpc) is 2.77. The average molecular weight is 449 g/mol. The van der Waals surface area contributed by atoms with Gasteiger partial charge in [-0.3, -0.25) is 0 Å². The Labute approximate surface area is 202 Å². The van der Waals surface area contributed by atoms with Crippen LogP contribution in [0.1, 0.15) is 103 Å². The van der Waals surface area contributed by atoms with Crippen LogP contribution in [-0.2, 0) is 6.54 Å².